The first-order chi connectivity index (χ1) is 7.20. The van der Waals surface area contributed by atoms with Crippen LogP contribution in [0.2, 0.25) is 0 Å². The van der Waals surface area contributed by atoms with Gasteiger partial charge in [0.05, 0.1) is 4.88 Å². The molecule has 1 nitrogen and oxygen atoms in total. The number of aryl methyl sites for hydroxylation is 1. The van der Waals surface area contributed by atoms with Crippen LogP contribution in [0.5, 0.6) is 0 Å². The van der Waals surface area contributed by atoms with Crippen LogP contribution in [0.1, 0.15) is 28.4 Å². The average Bonchev–Trinajstić information content (AvgIpc) is 2.86. The number of carbonyl (C=O) groups is 1. The van der Waals surface area contributed by atoms with E-state index in [-0.39, 0.29) is 5.78 Å². The molecular formula is C12H12OS2. The van der Waals surface area contributed by atoms with Gasteiger partial charge >= 0.3 is 0 Å². The van der Waals surface area contributed by atoms with Gasteiger partial charge in [-0.3, -0.25) is 4.79 Å². The lowest BCUT2D eigenvalue weighted by Crippen LogP contribution is -1.83. The van der Waals surface area contributed by atoms with Crippen LogP contribution in [0.3, 0.4) is 0 Å². The van der Waals surface area contributed by atoms with Crippen LogP contribution in [0.4, 0.5) is 0 Å². The summed E-state index contributed by atoms with van der Waals surface area (Å²) in [7, 11) is 0. The van der Waals surface area contributed by atoms with Crippen molar-refractivity contribution in [3.8, 4) is 9.75 Å². The highest BCUT2D eigenvalue weighted by Crippen LogP contribution is 2.33. The molecule has 0 saturated heterocycles. The topological polar surface area (TPSA) is 17.1 Å². The highest BCUT2D eigenvalue weighted by Gasteiger charge is 2.07. The SMILES string of the molecule is CCc1ccc(-c2ccc(C(C)=O)s2)s1. The molecule has 0 unspecified atom stereocenters. The third-order valence-corrected chi connectivity index (χ3v) is 4.82. The molecule has 0 saturated carbocycles. The molecule has 0 bridgehead atoms. The quantitative estimate of drug-likeness (QED) is 0.728. The van der Waals surface area contributed by atoms with Crippen LogP contribution in [0.25, 0.3) is 9.75 Å². The minimum Gasteiger partial charge on any atom is -0.294 e. The van der Waals surface area contributed by atoms with Crippen molar-refractivity contribution in [3.63, 3.8) is 0 Å². The first-order valence-corrected chi connectivity index (χ1v) is 6.54. The molecule has 0 radical (unpaired) electrons. The van der Waals surface area contributed by atoms with Gasteiger partial charge in [0, 0.05) is 14.6 Å². The van der Waals surface area contributed by atoms with Gasteiger partial charge in [0.25, 0.3) is 0 Å². The Labute approximate surface area is 97.4 Å². The summed E-state index contributed by atoms with van der Waals surface area (Å²) in [4.78, 5) is 15.9. The summed E-state index contributed by atoms with van der Waals surface area (Å²) in [6, 6.07) is 8.24. The van der Waals surface area contributed by atoms with E-state index in [1.54, 1.807) is 18.3 Å². The zero-order valence-corrected chi connectivity index (χ0v) is 10.4. The zero-order chi connectivity index (χ0) is 10.8. The van der Waals surface area contributed by atoms with Crippen molar-refractivity contribution in [1.29, 1.82) is 0 Å². The van der Waals surface area contributed by atoms with Crippen LogP contribution in [-0.2, 0) is 6.42 Å². The van der Waals surface area contributed by atoms with E-state index >= 15 is 0 Å². The molecule has 0 aliphatic carbocycles. The predicted octanol–water partition coefficient (Wildman–Crippen LogP) is 4.24. The first kappa shape index (κ1) is 10.6. The molecular weight excluding hydrogens is 224 g/mol. The summed E-state index contributed by atoms with van der Waals surface area (Å²) in [5.74, 6) is 0.151. The summed E-state index contributed by atoms with van der Waals surface area (Å²) in [5, 5.41) is 0. The van der Waals surface area contributed by atoms with E-state index in [4.69, 9.17) is 0 Å². The average molecular weight is 236 g/mol. The minimum absolute atomic E-state index is 0.151. The molecule has 0 fully saturated rings. The monoisotopic (exact) mass is 236 g/mol. The Balaban J connectivity index is 2.32. The largest absolute Gasteiger partial charge is 0.294 e. The smallest absolute Gasteiger partial charge is 0.169 e. The number of hydrogen-bond acceptors (Lipinski definition) is 3. The molecule has 0 aliphatic heterocycles. The lowest BCUT2D eigenvalue weighted by Gasteiger charge is -1.89. The normalized spacial score (nSPS) is 10.5. The van der Waals surface area contributed by atoms with Crippen LogP contribution in [-0.4, -0.2) is 5.78 Å². The van der Waals surface area contributed by atoms with Crippen molar-refractivity contribution in [1.82, 2.24) is 0 Å². The fraction of sp³-hybridized carbons (Fsp3) is 0.250. The first-order valence-electron chi connectivity index (χ1n) is 4.90. The molecule has 0 atom stereocenters. The van der Waals surface area contributed by atoms with Crippen molar-refractivity contribution in [2.24, 2.45) is 0 Å². The van der Waals surface area contributed by atoms with Crippen molar-refractivity contribution in [2.75, 3.05) is 0 Å². The number of ketones is 1. The highest BCUT2D eigenvalue weighted by atomic mass is 32.1. The summed E-state index contributed by atoms with van der Waals surface area (Å²) >= 11 is 3.39. The van der Waals surface area contributed by atoms with Crippen LogP contribution in [0.15, 0.2) is 24.3 Å². The molecule has 2 heterocycles. The van der Waals surface area contributed by atoms with Crippen molar-refractivity contribution >= 4 is 28.5 Å². The molecule has 2 aromatic rings. The Hall–Kier alpha value is -0.930. The van der Waals surface area contributed by atoms with Gasteiger partial charge in [-0.25, -0.2) is 0 Å². The van der Waals surface area contributed by atoms with E-state index in [1.165, 1.54) is 14.6 Å². The number of hydrogen-bond donors (Lipinski definition) is 0. The number of rotatable bonds is 3. The van der Waals surface area contributed by atoms with E-state index in [0.717, 1.165) is 11.3 Å². The van der Waals surface area contributed by atoms with E-state index in [2.05, 4.69) is 19.1 Å². The van der Waals surface area contributed by atoms with Gasteiger partial charge in [0.2, 0.25) is 0 Å². The second-order valence-electron chi connectivity index (χ2n) is 3.34. The second-order valence-corrected chi connectivity index (χ2v) is 5.59. The Morgan fingerprint density at radius 3 is 2.33 bits per heavy atom. The Morgan fingerprint density at radius 2 is 1.80 bits per heavy atom. The molecule has 0 amide bonds. The maximum atomic E-state index is 11.2. The summed E-state index contributed by atoms with van der Waals surface area (Å²) < 4.78 is 0. The molecule has 2 aromatic heterocycles. The van der Waals surface area contributed by atoms with Gasteiger partial charge in [-0.05, 0) is 37.6 Å². The van der Waals surface area contributed by atoms with Gasteiger partial charge in [-0.1, -0.05) is 6.92 Å². The van der Waals surface area contributed by atoms with Crippen LogP contribution < -0.4 is 0 Å². The number of thiophene rings is 2. The number of carbonyl (C=O) groups excluding carboxylic acids is 1. The maximum Gasteiger partial charge on any atom is 0.169 e. The fourth-order valence-electron chi connectivity index (χ4n) is 1.36. The molecule has 0 aliphatic rings. The van der Waals surface area contributed by atoms with Crippen molar-refractivity contribution < 1.29 is 4.79 Å². The molecule has 3 heteroatoms. The third-order valence-electron chi connectivity index (χ3n) is 2.21. The molecule has 0 spiro atoms. The molecule has 78 valence electrons. The molecule has 15 heavy (non-hydrogen) atoms. The van der Waals surface area contributed by atoms with Crippen molar-refractivity contribution in [2.45, 2.75) is 20.3 Å². The molecule has 2 rings (SSSR count). The lowest BCUT2D eigenvalue weighted by molar-refractivity contribution is 0.102. The summed E-state index contributed by atoms with van der Waals surface area (Å²) in [6.45, 7) is 3.77. The maximum absolute atomic E-state index is 11.2. The molecule has 0 aromatic carbocycles. The van der Waals surface area contributed by atoms with E-state index in [1.807, 2.05) is 23.5 Å². The van der Waals surface area contributed by atoms with Gasteiger partial charge in [0.15, 0.2) is 5.78 Å². The zero-order valence-electron chi connectivity index (χ0n) is 8.74. The molecule has 0 N–H and O–H groups in total. The Morgan fingerprint density at radius 1 is 1.13 bits per heavy atom. The van der Waals surface area contributed by atoms with Gasteiger partial charge in [0.1, 0.15) is 0 Å². The fourth-order valence-corrected chi connectivity index (χ4v) is 3.30. The van der Waals surface area contributed by atoms with E-state index in [0.29, 0.717) is 0 Å². The van der Waals surface area contributed by atoms with Gasteiger partial charge in [-0.15, -0.1) is 22.7 Å². The Kier molecular flexibility index (Phi) is 3.03. The van der Waals surface area contributed by atoms with E-state index < -0.39 is 0 Å². The van der Waals surface area contributed by atoms with Gasteiger partial charge in [-0.2, -0.15) is 0 Å². The predicted molar refractivity (Wildman–Crippen MR) is 67.0 cm³/mol. The third kappa shape index (κ3) is 2.19. The summed E-state index contributed by atoms with van der Waals surface area (Å²) in [6.07, 6.45) is 1.08. The van der Waals surface area contributed by atoms with E-state index in [9.17, 15) is 4.79 Å². The minimum atomic E-state index is 0.151. The highest BCUT2D eigenvalue weighted by molar-refractivity contribution is 7.23. The van der Waals surface area contributed by atoms with Crippen LogP contribution >= 0.6 is 22.7 Å². The summed E-state index contributed by atoms with van der Waals surface area (Å²) in [5.41, 5.74) is 0. The lowest BCUT2D eigenvalue weighted by atomic mass is 10.3. The van der Waals surface area contributed by atoms with Gasteiger partial charge < -0.3 is 0 Å². The Bertz CT molecular complexity index is 479. The standard InChI is InChI=1S/C12H12OS2/c1-3-9-4-5-11(14-9)12-7-6-10(15-12)8(2)13/h4-7H,3H2,1-2H3. The van der Waals surface area contributed by atoms with Crippen LogP contribution in [0, 0.1) is 0 Å². The number of Topliss-reactive ketones (excluding diaryl/α,β-unsaturated/α-hetero) is 1. The second kappa shape index (κ2) is 4.29. The van der Waals surface area contributed by atoms with Crippen molar-refractivity contribution in [3.05, 3.63) is 34.0 Å².